The van der Waals surface area contributed by atoms with Gasteiger partial charge in [-0.3, -0.25) is 19.5 Å². The minimum absolute atomic E-state index is 0.0785. The Morgan fingerprint density at radius 1 is 1.18 bits per heavy atom. The van der Waals surface area contributed by atoms with Crippen LogP contribution in [0, 0.1) is 10.1 Å². The molecule has 11 heteroatoms. The van der Waals surface area contributed by atoms with E-state index >= 15 is 0 Å². The summed E-state index contributed by atoms with van der Waals surface area (Å²) in [6.45, 7) is 0. The lowest BCUT2D eigenvalue weighted by Crippen LogP contribution is -2.21. The molecule has 0 bridgehead atoms. The van der Waals surface area contributed by atoms with E-state index in [-0.39, 0.29) is 23.4 Å². The van der Waals surface area contributed by atoms with Gasteiger partial charge < -0.3 is 0 Å². The van der Waals surface area contributed by atoms with E-state index in [2.05, 4.69) is 25.3 Å². The third-order valence-electron chi connectivity index (χ3n) is 5.57. The summed E-state index contributed by atoms with van der Waals surface area (Å²) in [5.41, 5.74) is 3.58. The summed E-state index contributed by atoms with van der Waals surface area (Å²) in [6.07, 6.45) is 6.86. The summed E-state index contributed by atoms with van der Waals surface area (Å²) >= 11 is 7.34. The molecule has 1 aromatic heterocycles. The van der Waals surface area contributed by atoms with E-state index in [9.17, 15) is 14.9 Å². The van der Waals surface area contributed by atoms with Gasteiger partial charge in [0.2, 0.25) is 0 Å². The monoisotopic (exact) mass is 498 g/mol. The summed E-state index contributed by atoms with van der Waals surface area (Å²) in [4.78, 5) is 23.0. The molecule has 0 atom stereocenters. The minimum Gasteiger partial charge on any atom is -0.299 e. The molecule has 0 radical (unpaired) electrons. The lowest BCUT2D eigenvalue weighted by atomic mass is 9.95. The predicted octanol–water partition coefficient (Wildman–Crippen LogP) is 5.25. The smallest absolute Gasteiger partial charge is 0.278 e. The maximum atomic E-state index is 12.4. The van der Waals surface area contributed by atoms with E-state index in [0.29, 0.717) is 15.7 Å². The molecule has 1 fully saturated rings. The van der Waals surface area contributed by atoms with Gasteiger partial charge in [-0.15, -0.1) is 10.2 Å². The van der Waals surface area contributed by atoms with Crippen molar-refractivity contribution in [3.05, 3.63) is 69.2 Å². The molecule has 176 valence electrons. The largest absolute Gasteiger partial charge is 0.299 e. The lowest BCUT2D eigenvalue weighted by molar-refractivity contribution is -0.385. The van der Waals surface area contributed by atoms with Gasteiger partial charge in [-0.25, -0.2) is 5.43 Å². The zero-order valence-electron chi connectivity index (χ0n) is 18.3. The van der Waals surface area contributed by atoms with Crippen LogP contribution in [0.15, 0.2) is 58.8 Å². The second kappa shape index (κ2) is 11.3. The first-order chi connectivity index (χ1) is 16.5. The standard InChI is InChI=1S/C23H23ClN6O3S/c24-18-12-10-16(11-13-18)22-27-28-23(29(22)19-7-2-1-3-8-19)34-15-21(31)26-25-14-17-6-4-5-9-20(17)30(32)33/h4-6,9-14,19H,1-3,7-8,15H2,(H,26,31)/b25-14-. The van der Waals surface area contributed by atoms with Crippen LogP contribution in [-0.2, 0) is 4.79 Å². The van der Waals surface area contributed by atoms with E-state index in [0.717, 1.165) is 37.1 Å². The highest BCUT2D eigenvalue weighted by Crippen LogP contribution is 2.35. The molecule has 1 aliphatic carbocycles. The lowest BCUT2D eigenvalue weighted by Gasteiger charge is -2.25. The molecule has 1 heterocycles. The summed E-state index contributed by atoms with van der Waals surface area (Å²) in [7, 11) is 0. The number of nitrogens with zero attached hydrogens (tertiary/aromatic N) is 5. The predicted molar refractivity (Wildman–Crippen MR) is 132 cm³/mol. The van der Waals surface area contributed by atoms with Gasteiger partial charge in [0.15, 0.2) is 11.0 Å². The fourth-order valence-corrected chi connectivity index (χ4v) is 4.86. The number of hydrazone groups is 1. The highest BCUT2D eigenvalue weighted by atomic mass is 35.5. The summed E-state index contributed by atoms with van der Waals surface area (Å²) in [5, 5.41) is 25.1. The average molecular weight is 499 g/mol. The Morgan fingerprint density at radius 3 is 2.65 bits per heavy atom. The van der Waals surface area contributed by atoms with Gasteiger partial charge in [-0.2, -0.15) is 5.10 Å². The number of carbonyl (C=O) groups is 1. The van der Waals surface area contributed by atoms with Crippen LogP contribution in [0.4, 0.5) is 5.69 Å². The van der Waals surface area contributed by atoms with Crippen molar-refractivity contribution in [2.24, 2.45) is 5.10 Å². The number of nitro groups is 1. The van der Waals surface area contributed by atoms with Crippen molar-refractivity contribution in [1.29, 1.82) is 0 Å². The fourth-order valence-electron chi connectivity index (χ4n) is 3.94. The number of nitrogens with one attached hydrogen (secondary N) is 1. The molecule has 4 rings (SSSR count). The molecular formula is C23H23ClN6O3S. The quantitative estimate of drug-likeness (QED) is 0.196. The van der Waals surface area contributed by atoms with Gasteiger partial charge in [0, 0.05) is 22.7 Å². The Morgan fingerprint density at radius 2 is 1.91 bits per heavy atom. The van der Waals surface area contributed by atoms with E-state index < -0.39 is 4.92 Å². The van der Waals surface area contributed by atoms with E-state index in [1.54, 1.807) is 18.2 Å². The third kappa shape index (κ3) is 5.81. The Labute approximate surface area is 205 Å². The molecule has 0 aliphatic heterocycles. The first-order valence-electron chi connectivity index (χ1n) is 10.9. The number of thioether (sulfide) groups is 1. The Bertz CT molecular complexity index is 1190. The molecule has 0 unspecified atom stereocenters. The number of rotatable bonds is 8. The van der Waals surface area contributed by atoms with Gasteiger partial charge in [0.1, 0.15) is 0 Å². The maximum Gasteiger partial charge on any atom is 0.278 e. The SMILES string of the molecule is O=C(CSc1nnc(-c2ccc(Cl)cc2)n1C1CCCCC1)N/N=C\c1ccccc1[N+](=O)[O-]. The van der Waals surface area contributed by atoms with Crippen molar-refractivity contribution < 1.29 is 9.72 Å². The van der Waals surface area contributed by atoms with Crippen LogP contribution >= 0.6 is 23.4 Å². The van der Waals surface area contributed by atoms with Crippen LogP contribution in [0.2, 0.25) is 5.02 Å². The molecule has 0 saturated heterocycles. The average Bonchev–Trinajstić information content (AvgIpc) is 3.28. The Balaban J connectivity index is 1.45. The molecule has 34 heavy (non-hydrogen) atoms. The van der Waals surface area contributed by atoms with Crippen LogP contribution in [0.3, 0.4) is 0 Å². The van der Waals surface area contributed by atoms with Gasteiger partial charge in [0.05, 0.1) is 22.5 Å². The topological polar surface area (TPSA) is 115 Å². The summed E-state index contributed by atoms with van der Waals surface area (Å²) in [6, 6.07) is 14.0. The second-order valence-electron chi connectivity index (χ2n) is 7.87. The zero-order valence-corrected chi connectivity index (χ0v) is 19.8. The van der Waals surface area contributed by atoms with Crippen molar-refractivity contribution >= 4 is 41.2 Å². The van der Waals surface area contributed by atoms with Gasteiger partial charge in [0.25, 0.3) is 11.6 Å². The minimum atomic E-state index is -0.491. The van der Waals surface area contributed by atoms with E-state index in [1.807, 2.05) is 24.3 Å². The fraction of sp³-hybridized carbons (Fsp3) is 0.304. The van der Waals surface area contributed by atoms with Gasteiger partial charge in [-0.1, -0.05) is 54.8 Å². The van der Waals surface area contributed by atoms with E-state index in [1.165, 1.54) is 30.5 Å². The maximum absolute atomic E-state index is 12.4. The molecule has 3 aromatic rings. The number of hydrogen-bond acceptors (Lipinski definition) is 7. The summed E-state index contributed by atoms with van der Waals surface area (Å²) in [5.74, 6) is 0.506. The number of nitro benzene ring substituents is 1. The highest BCUT2D eigenvalue weighted by molar-refractivity contribution is 7.99. The van der Waals surface area contributed by atoms with Crippen LogP contribution in [0.5, 0.6) is 0 Å². The van der Waals surface area contributed by atoms with Crippen molar-refractivity contribution in [3.8, 4) is 11.4 Å². The first-order valence-corrected chi connectivity index (χ1v) is 12.3. The number of carbonyl (C=O) groups excluding carboxylic acids is 1. The Hall–Kier alpha value is -3.24. The molecule has 1 N–H and O–H groups in total. The van der Waals surface area contributed by atoms with Crippen LogP contribution in [0.1, 0.15) is 43.7 Å². The zero-order chi connectivity index (χ0) is 23.9. The van der Waals surface area contributed by atoms with Crippen molar-refractivity contribution in [2.75, 3.05) is 5.75 Å². The number of benzene rings is 2. The second-order valence-corrected chi connectivity index (χ2v) is 9.25. The van der Waals surface area contributed by atoms with E-state index in [4.69, 9.17) is 11.6 Å². The molecule has 1 aliphatic rings. The third-order valence-corrected chi connectivity index (χ3v) is 6.76. The Kier molecular flexibility index (Phi) is 7.91. The van der Waals surface area contributed by atoms with Crippen LogP contribution < -0.4 is 5.43 Å². The number of aromatic nitrogens is 3. The number of halogens is 1. The van der Waals surface area contributed by atoms with Crippen LogP contribution in [0.25, 0.3) is 11.4 Å². The van der Waals surface area contributed by atoms with Gasteiger partial charge >= 0.3 is 0 Å². The molecular weight excluding hydrogens is 476 g/mol. The number of hydrogen-bond donors (Lipinski definition) is 1. The molecule has 1 saturated carbocycles. The molecule has 9 nitrogen and oxygen atoms in total. The first kappa shape index (κ1) is 23.9. The molecule has 0 spiro atoms. The van der Waals surface area contributed by atoms with Gasteiger partial charge in [-0.05, 0) is 43.2 Å². The molecule has 1 amide bonds. The normalized spacial score (nSPS) is 14.4. The number of para-hydroxylation sites is 1. The summed E-state index contributed by atoms with van der Waals surface area (Å²) < 4.78 is 2.14. The van der Waals surface area contributed by atoms with Crippen molar-refractivity contribution in [1.82, 2.24) is 20.2 Å². The van der Waals surface area contributed by atoms with Crippen molar-refractivity contribution in [3.63, 3.8) is 0 Å². The highest BCUT2D eigenvalue weighted by Gasteiger charge is 2.24. The number of amides is 1. The molecule has 2 aromatic carbocycles. The van der Waals surface area contributed by atoms with Crippen LogP contribution in [-0.4, -0.2) is 37.6 Å². The van der Waals surface area contributed by atoms with Crippen molar-refractivity contribution in [2.45, 2.75) is 43.3 Å².